The minimum Gasteiger partial charge on any atom is -0.461 e. The lowest BCUT2D eigenvalue weighted by atomic mass is 10.3. The maximum atomic E-state index is 11.4. The van der Waals surface area contributed by atoms with Gasteiger partial charge in [0.2, 0.25) is 0 Å². The van der Waals surface area contributed by atoms with Crippen LogP contribution in [0.25, 0.3) is 5.65 Å². The number of esters is 1. The molecule has 2 aromatic heterocycles. The van der Waals surface area contributed by atoms with Crippen LogP contribution in [0.2, 0.25) is 0 Å². The first-order valence-electron chi connectivity index (χ1n) is 4.80. The molecule has 0 bridgehead atoms. The standard InChI is InChI=1S/C11H9N3O2/c1-2-16-11(15)9-7-14-4-3-8(6-12)5-10(14)13-9/h3-5,7H,2H2,1H3. The Balaban J connectivity index is 2.44. The second kappa shape index (κ2) is 4.03. The van der Waals surface area contributed by atoms with Crippen LogP contribution in [-0.2, 0) is 4.74 Å². The topological polar surface area (TPSA) is 67.4 Å². The van der Waals surface area contributed by atoms with Gasteiger partial charge < -0.3 is 9.14 Å². The van der Waals surface area contributed by atoms with E-state index in [9.17, 15) is 4.79 Å². The van der Waals surface area contributed by atoms with E-state index < -0.39 is 5.97 Å². The van der Waals surface area contributed by atoms with Crippen LogP contribution in [0.4, 0.5) is 0 Å². The van der Waals surface area contributed by atoms with E-state index in [0.717, 1.165) is 0 Å². The van der Waals surface area contributed by atoms with Crippen molar-refractivity contribution < 1.29 is 9.53 Å². The van der Waals surface area contributed by atoms with E-state index >= 15 is 0 Å². The first-order valence-corrected chi connectivity index (χ1v) is 4.80. The van der Waals surface area contributed by atoms with E-state index in [1.807, 2.05) is 6.07 Å². The van der Waals surface area contributed by atoms with Crippen LogP contribution in [0.5, 0.6) is 0 Å². The quantitative estimate of drug-likeness (QED) is 0.710. The van der Waals surface area contributed by atoms with Gasteiger partial charge in [0, 0.05) is 12.4 Å². The van der Waals surface area contributed by atoms with Gasteiger partial charge in [-0.25, -0.2) is 9.78 Å². The van der Waals surface area contributed by atoms with E-state index in [1.165, 1.54) is 0 Å². The summed E-state index contributed by atoms with van der Waals surface area (Å²) in [4.78, 5) is 15.5. The molecule has 0 spiro atoms. The van der Waals surface area contributed by atoms with Gasteiger partial charge in [-0.2, -0.15) is 5.26 Å². The number of rotatable bonds is 2. The Morgan fingerprint density at radius 1 is 1.69 bits per heavy atom. The summed E-state index contributed by atoms with van der Waals surface area (Å²) in [5.41, 5.74) is 1.31. The Morgan fingerprint density at radius 3 is 3.19 bits per heavy atom. The summed E-state index contributed by atoms with van der Waals surface area (Å²) < 4.78 is 6.51. The number of hydrogen-bond acceptors (Lipinski definition) is 4. The number of fused-ring (bicyclic) bond motifs is 1. The first-order chi connectivity index (χ1) is 7.74. The second-order valence-electron chi connectivity index (χ2n) is 3.14. The molecule has 0 unspecified atom stereocenters. The summed E-state index contributed by atoms with van der Waals surface area (Å²) in [5, 5.41) is 8.72. The highest BCUT2D eigenvalue weighted by molar-refractivity contribution is 5.87. The SMILES string of the molecule is CCOC(=O)c1cn2ccc(C#N)cc2n1. The molecule has 0 saturated carbocycles. The van der Waals surface area contributed by atoms with Crippen LogP contribution in [0.3, 0.4) is 0 Å². The summed E-state index contributed by atoms with van der Waals surface area (Å²) in [7, 11) is 0. The van der Waals surface area contributed by atoms with Gasteiger partial charge in [-0.1, -0.05) is 0 Å². The summed E-state index contributed by atoms with van der Waals surface area (Å²) >= 11 is 0. The molecule has 0 fully saturated rings. The number of hydrogen-bond donors (Lipinski definition) is 0. The summed E-state index contributed by atoms with van der Waals surface area (Å²) in [5.74, 6) is -0.454. The van der Waals surface area contributed by atoms with Crippen molar-refractivity contribution in [2.45, 2.75) is 6.92 Å². The maximum Gasteiger partial charge on any atom is 0.358 e. The minimum atomic E-state index is -0.454. The third-order valence-electron chi connectivity index (χ3n) is 2.07. The van der Waals surface area contributed by atoms with Crippen LogP contribution in [0.15, 0.2) is 24.5 Å². The highest BCUT2D eigenvalue weighted by atomic mass is 16.5. The lowest BCUT2D eigenvalue weighted by Gasteiger charge is -1.95. The van der Waals surface area contributed by atoms with Crippen molar-refractivity contribution in [1.29, 1.82) is 5.26 Å². The molecule has 0 saturated heterocycles. The summed E-state index contributed by atoms with van der Waals surface area (Å²) in [6, 6.07) is 5.28. The number of carbonyl (C=O) groups excluding carboxylic acids is 1. The predicted molar refractivity (Wildman–Crippen MR) is 55.9 cm³/mol. The average Bonchev–Trinajstić information content (AvgIpc) is 2.71. The van der Waals surface area contributed by atoms with Gasteiger partial charge >= 0.3 is 5.97 Å². The normalized spacial score (nSPS) is 10.0. The van der Waals surface area contributed by atoms with E-state index in [-0.39, 0.29) is 5.69 Å². The van der Waals surface area contributed by atoms with Gasteiger partial charge in [0.15, 0.2) is 5.69 Å². The molecule has 80 valence electrons. The van der Waals surface area contributed by atoms with Gasteiger partial charge in [-0.05, 0) is 19.1 Å². The molecule has 2 heterocycles. The van der Waals surface area contributed by atoms with Crippen molar-refractivity contribution >= 4 is 11.6 Å². The zero-order valence-electron chi connectivity index (χ0n) is 8.67. The zero-order chi connectivity index (χ0) is 11.5. The first kappa shape index (κ1) is 10.2. The Labute approximate surface area is 91.9 Å². The van der Waals surface area contributed by atoms with Crippen molar-refractivity contribution in [2.75, 3.05) is 6.61 Å². The molecular formula is C11H9N3O2. The smallest absolute Gasteiger partial charge is 0.358 e. The van der Waals surface area contributed by atoms with E-state index in [0.29, 0.717) is 17.8 Å². The fourth-order valence-electron chi connectivity index (χ4n) is 1.35. The molecular weight excluding hydrogens is 206 g/mol. The summed E-state index contributed by atoms with van der Waals surface area (Å²) in [6.07, 6.45) is 3.26. The Kier molecular flexibility index (Phi) is 2.56. The van der Waals surface area contributed by atoms with Gasteiger partial charge in [0.05, 0.1) is 18.2 Å². The fraction of sp³-hybridized carbons (Fsp3) is 0.182. The third kappa shape index (κ3) is 1.73. The predicted octanol–water partition coefficient (Wildman–Crippen LogP) is 1.38. The van der Waals surface area contributed by atoms with Crippen molar-refractivity contribution in [3.8, 4) is 6.07 Å². The third-order valence-corrected chi connectivity index (χ3v) is 2.07. The minimum absolute atomic E-state index is 0.247. The summed E-state index contributed by atoms with van der Waals surface area (Å²) in [6.45, 7) is 2.05. The highest BCUT2D eigenvalue weighted by Gasteiger charge is 2.11. The molecule has 2 rings (SSSR count). The van der Waals surface area contributed by atoms with Crippen LogP contribution >= 0.6 is 0 Å². The molecule has 0 aliphatic carbocycles. The number of aromatic nitrogens is 2. The second-order valence-corrected chi connectivity index (χ2v) is 3.14. The molecule has 0 radical (unpaired) electrons. The van der Waals surface area contributed by atoms with Crippen molar-refractivity contribution in [1.82, 2.24) is 9.38 Å². The van der Waals surface area contributed by atoms with E-state index in [2.05, 4.69) is 4.98 Å². The Hall–Kier alpha value is -2.35. The molecule has 5 nitrogen and oxygen atoms in total. The fourth-order valence-corrected chi connectivity index (χ4v) is 1.35. The van der Waals surface area contributed by atoms with Crippen LogP contribution in [-0.4, -0.2) is 22.0 Å². The van der Waals surface area contributed by atoms with Crippen LogP contribution < -0.4 is 0 Å². The molecule has 0 atom stereocenters. The van der Waals surface area contributed by atoms with Gasteiger partial charge in [-0.15, -0.1) is 0 Å². The van der Waals surface area contributed by atoms with Crippen molar-refractivity contribution in [3.63, 3.8) is 0 Å². The largest absolute Gasteiger partial charge is 0.461 e. The monoisotopic (exact) mass is 215 g/mol. The number of pyridine rings is 1. The highest BCUT2D eigenvalue weighted by Crippen LogP contribution is 2.08. The molecule has 0 N–H and O–H groups in total. The van der Waals surface area contributed by atoms with Crippen LogP contribution in [0.1, 0.15) is 23.0 Å². The molecule has 5 heteroatoms. The van der Waals surface area contributed by atoms with E-state index in [4.69, 9.17) is 10.00 Å². The molecule has 0 aliphatic heterocycles. The Morgan fingerprint density at radius 2 is 2.50 bits per heavy atom. The molecule has 0 aliphatic rings. The van der Waals surface area contributed by atoms with Crippen LogP contribution in [0, 0.1) is 11.3 Å². The van der Waals surface area contributed by atoms with E-state index in [1.54, 1.807) is 35.9 Å². The zero-order valence-corrected chi connectivity index (χ0v) is 8.67. The lowest BCUT2D eigenvalue weighted by Crippen LogP contribution is -2.04. The number of nitrogens with zero attached hydrogens (tertiary/aromatic N) is 3. The average molecular weight is 215 g/mol. The molecule has 0 amide bonds. The number of carbonyl (C=O) groups is 1. The molecule has 2 aromatic rings. The molecule has 0 aromatic carbocycles. The van der Waals surface area contributed by atoms with Gasteiger partial charge in [-0.3, -0.25) is 0 Å². The van der Waals surface area contributed by atoms with Crippen molar-refractivity contribution in [3.05, 3.63) is 35.8 Å². The Bertz CT molecular complexity index is 580. The number of imidazole rings is 1. The maximum absolute atomic E-state index is 11.4. The molecule has 16 heavy (non-hydrogen) atoms. The number of nitriles is 1. The van der Waals surface area contributed by atoms with Crippen molar-refractivity contribution in [2.24, 2.45) is 0 Å². The lowest BCUT2D eigenvalue weighted by molar-refractivity contribution is 0.0520. The van der Waals surface area contributed by atoms with Gasteiger partial charge in [0.25, 0.3) is 0 Å². The number of ether oxygens (including phenoxy) is 1. The van der Waals surface area contributed by atoms with Gasteiger partial charge in [0.1, 0.15) is 5.65 Å².